The summed E-state index contributed by atoms with van der Waals surface area (Å²) in [6, 6.07) is 13.7. The van der Waals surface area contributed by atoms with Gasteiger partial charge in [-0.05, 0) is 114 Å². The van der Waals surface area contributed by atoms with Crippen LogP contribution in [0.25, 0.3) is 11.1 Å². The van der Waals surface area contributed by atoms with Crippen LogP contribution in [0, 0.1) is 0 Å². The highest BCUT2D eigenvalue weighted by molar-refractivity contribution is 7.08. The molecule has 0 spiro atoms. The van der Waals surface area contributed by atoms with Crippen molar-refractivity contribution < 1.29 is 34.1 Å². The lowest BCUT2D eigenvalue weighted by molar-refractivity contribution is -0.138. The van der Waals surface area contributed by atoms with E-state index in [4.69, 9.17) is 14.6 Å². The van der Waals surface area contributed by atoms with Crippen LogP contribution < -0.4 is 14.8 Å². The number of carbonyl (C=O) groups excluding carboxylic acids is 1. The van der Waals surface area contributed by atoms with E-state index in [1.165, 1.54) is 0 Å². The van der Waals surface area contributed by atoms with Crippen molar-refractivity contribution in [1.82, 2.24) is 5.32 Å². The zero-order chi connectivity index (χ0) is 28.8. The maximum Gasteiger partial charge on any atom is 0.303 e. The van der Waals surface area contributed by atoms with Crippen LogP contribution in [-0.4, -0.2) is 46.8 Å². The van der Waals surface area contributed by atoms with E-state index in [0.717, 1.165) is 54.4 Å². The lowest BCUT2D eigenvalue weighted by Gasteiger charge is -2.37. The topological polar surface area (TPSA) is 122 Å². The van der Waals surface area contributed by atoms with Crippen LogP contribution in [0.3, 0.4) is 0 Å². The molecule has 1 heterocycles. The first-order valence-corrected chi connectivity index (χ1v) is 15.1. The number of amides is 1. The monoisotopic (exact) mass is 577 g/mol. The molecule has 0 bridgehead atoms. The number of carbonyl (C=O) groups is 3. The van der Waals surface area contributed by atoms with Crippen molar-refractivity contribution in [1.29, 1.82) is 0 Å². The summed E-state index contributed by atoms with van der Waals surface area (Å²) in [4.78, 5) is 35.2. The molecule has 3 aromatic rings. The van der Waals surface area contributed by atoms with Gasteiger partial charge in [-0.1, -0.05) is 12.1 Å². The zero-order valence-corrected chi connectivity index (χ0v) is 23.7. The molecule has 2 fully saturated rings. The number of benzene rings is 2. The Labute approximate surface area is 243 Å². The average molecular weight is 578 g/mol. The fraction of sp³-hybridized carbons (Fsp3) is 0.406. The molecule has 216 valence electrons. The van der Waals surface area contributed by atoms with Gasteiger partial charge >= 0.3 is 11.9 Å². The third-order valence-electron chi connectivity index (χ3n) is 7.85. The first-order chi connectivity index (χ1) is 19.9. The Morgan fingerprint density at radius 2 is 1.78 bits per heavy atom. The molecule has 2 aliphatic carbocycles. The molecule has 2 aromatic carbocycles. The number of hydrogen-bond acceptors (Lipinski definition) is 6. The number of carboxylic acid groups (broad SMARTS) is 2. The van der Waals surface area contributed by atoms with Crippen molar-refractivity contribution in [2.24, 2.45) is 0 Å². The Balaban J connectivity index is 1.28. The summed E-state index contributed by atoms with van der Waals surface area (Å²) in [5.41, 5.74) is 4.50. The van der Waals surface area contributed by atoms with Gasteiger partial charge in [0.1, 0.15) is 11.5 Å². The van der Waals surface area contributed by atoms with Gasteiger partial charge in [0, 0.05) is 24.4 Å². The van der Waals surface area contributed by atoms with Gasteiger partial charge in [-0.25, -0.2) is 0 Å². The molecule has 0 saturated heterocycles. The molecule has 2 saturated carbocycles. The van der Waals surface area contributed by atoms with E-state index in [9.17, 15) is 19.5 Å². The minimum Gasteiger partial charge on any atom is -0.493 e. The molecular formula is C32H35NO7S. The molecule has 0 radical (unpaired) electrons. The van der Waals surface area contributed by atoms with Crippen LogP contribution in [0.2, 0.25) is 0 Å². The quantitative estimate of drug-likeness (QED) is 0.193. The lowest BCUT2D eigenvalue weighted by atomic mass is 9.75. The number of carboxylic acids is 2. The normalized spacial score (nSPS) is 18.1. The van der Waals surface area contributed by atoms with E-state index in [0.29, 0.717) is 29.9 Å². The molecule has 2 aliphatic rings. The Bertz CT molecular complexity index is 1380. The molecule has 9 heteroatoms. The van der Waals surface area contributed by atoms with Crippen molar-refractivity contribution in [3.8, 4) is 22.6 Å². The molecule has 1 amide bonds. The Morgan fingerprint density at radius 3 is 2.46 bits per heavy atom. The second-order valence-corrected chi connectivity index (χ2v) is 11.6. The summed E-state index contributed by atoms with van der Waals surface area (Å²) in [6.07, 6.45) is 5.38. The fourth-order valence-electron chi connectivity index (χ4n) is 5.33. The summed E-state index contributed by atoms with van der Waals surface area (Å²) in [7, 11) is 0. The smallest absolute Gasteiger partial charge is 0.303 e. The zero-order valence-electron chi connectivity index (χ0n) is 22.8. The minimum absolute atomic E-state index is 0.0172. The predicted molar refractivity (Wildman–Crippen MR) is 156 cm³/mol. The fourth-order valence-corrected chi connectivity index (χ4v) is 5.99. The van der Waals surface area contributed by atoms with Crippen molar-refractivity contribution in [3.05, 3.63) is 69.9 Å². The second-order valence-electron chi connectivity index (χ2n) is 10.8. The minimum atomic E-state index is -0.880. The van der Waals surface area contributed by atoms with Crippen LogP contribution >= 0.6 is 11.3 Å². The molecule has 3 N–H and O–H groups in total. The molecule has 41 heavy (non-hydrogen) atoms. The van der Waals surface area contributed by atoms with Crippen molar-refractivity contribution in [2.75, 3.05) is 6.61 Å². The molecule has 0 unspecified atom stereocenters. The SMILES string of the molecule is O=C(O)CCCOc1cccc(C2CC(Oc3cc(C(=O)NC4CCC4)cc(-c4ccsc4)c3)C2)c1CCC(=O)O. The standard InChI is InChI=1S/C32H35NO7S/c34-30(35)8-3-12-39-29-7-2-6-27(28(29)9-10-31(36)37)22-16-26(17-22)40-25-15-21(20-11-13-41-19-20)14-23(18-25)32(38)33-24-4-1-5-24/h2,6-7,11,13-15,18-19,22,24,26H,1,3-5,8-10,12,16-17H2,(H,33,38)(H,34,35)(H,36,37). The van der Waals surface area contributed by atoms with Crippen LogP contribution in [0.5, 0.6) is 11.5 Å². The average Bonchev–Trinajstić information content (AvgIpc) is 3.44. The first-order valence-electron chi connectivity index (χ1n) is 14.2. The van der Waals surface area contributed by atoms with Gasteiger partial charge in [0.05, 0.1) is 12.7 Å². The molecule has 5 rings (SSSR count). The number of hydrogen-bond donors (Lipinski definition) is 3. The highest BCUT2D eigenvalue weighted by Crippen LogP contribution is 2.43. The summed E-state index contributed by atoms with van der Waals surface area (Å²) < 4.78 is 12.3. The van der Waals surface area contributed by atoms with Gasteiger partial charge in [-0.3, -0.25) is 14.4 Å². The van der Waals surface area contributed by atoms with Crippen molar-refractivity contribution in [3.63, 3.8) is 0 Å². The van der Waals surface area contributed by atoms with Crippen molar-refractivity contribution in [2.45, 2.75) is 75.9 Å². The van der Waals surface area contributed by atoms with Gasteiger partial charge < -0.3 is 25.0 Å². The number of rotatable bonds is 14. The highest BCUT2D eigenvalue weighted by atomic mass is 32.1. The number of thiophene rings is 1. The maximum absolute atomic E-state index is 13.0. The number of ether oxygens (including phenoxy) is 2. The highest BCUT2D eigenvalue weighted by Gasteiger charge is 2.34. The third kappa shape index (κ3) is 7.47. The van der Waals surface area contributed by atoms with Crippen LogP contribution in [0.4, 0.5) is 0 Å². The summed E-state index contributed by atoms with van der Waals surface area (Å²) in [6.45, 7) is 0.253. The van der Waals surface area contributed by atoms with Crippen LogP contribution in [0.1, 0.15) is 78.8 Å². The van der Waals surface area contributed by atoms with Gasteiger partial charge in [-0.15, -0.1) is 0 Å². The van der Waals surface area contributed by atoms with E-state index in [-0.39, 0.29) is 43.4 Å². The summed E-state index contributed by atoms with van der Waals surface area (Å²) >= 11 is 1.61. The molecule has 1 aromatic heterocycles. The third-order valence-corrected chi connectivity index (χ3v) is 8.53. The van der Waals surface area contributed by atoms with E-state index >= 15 is 0 Å². The first kappa shape index (κ1) is 28.7. The van der Waals surface area contributed by atoms with E-state index in [1.807, 2.05) is 47.8 Å². The lowest BCUT2D eigenvalue weighted by Crippen LogP contribution is -2.39. The van der Waals surface area contributed by atoms with Crippen LogP contribution in [0.15, 0.2) is 53.2 Å². The molecule has 8 nitrogen and oxygen atoms in total. The number of aliphatic carboxylic acids is 2. The molecular weight excluding hydrogens is 542 g/mol. The van der Waals surface area contributed by atoms with Gasteiger partial charge in [0.2, 0.25) is 0 Å². The second kappa shape index (κ2) is 13.2. The van der Waals surface area contributed by atoms with E-state index < -0.39 is 11.9 Å². The summed E-state index contributed by atoms with van der Waals surface area (Å²) in [5, 5.41) is 25.4. The largest absolute Gasteiger partial charge is 0.493 e. The maximum atomic E-state index is 13.0. The Kier molecular flexibility index (Phi) is 9.24. The number of nitrogens with one attached hydrogen (secondary N) is 1. The molecule has 0 atom stereocenters. The van der Waals surface area contributed by atoms with E-state index in [1.54, 1.807) is 11.3 Å². The Hall–Kier alpha value is -3.85. The van der Waals surface area contributed by atoms with E-state index in [2.05, 4.69) is 10.7 Å². The van der Waals surface area contributed by atoms with Gasteiger partial charge in [0.15, 0.2) is 0 Å². The predicted octanol–water partition coefficient (Wildman–Crippen LogP) is 6.28. The van der Waals surface area contributed by atoms with Gasteiger partial charge in [-0.2, -0.15) is 11.3 Å². The Morgan fingerprint density at radius 1 is 0.976 bits per heavy atom. The van der Waals surface area contributed by atoms with Crippen molar-refractivity contribution >= 4 is 29.2 Å². The molecule has 0 aliphatic heterocycles. The van der Waals surface area contributed by atoms with Crippen LogP contribution in [-0.2, 0) is 16.0 Å². The summed E-state index contributed by atoms with van der Waals surface area (Å²) in [5.74, 6) is -0.365. The van der Waals surface area contributed by atoms with Gasteiger partial charge in [0.25, 0.3) is 5.91 Å².